The van der Waals surface area contributed by atoms with Crippen LogP contribution in [-0.4, -0.2) is 16.8 Å². The van der Waals surface area contributed by atoms with Crippen LogP contribution in [0.5, 0.6) is 5.75 Å². The van der Waals surface area contributed by atoms with Gasteiger partial charge in [0.15, 0.2) is 0 Å². The molecule has 1 aromatic rings. The molecule has 174 valence electrons. The summed E-state index contributed by atoms with van der Waals surface area (Å²) in [6, 6.07) is 7.08. The summed E-state index contributed by atoms with van der Waals surface area (Å²) in [5, 5.41) is 27.0. The van der Waals surface area contributed by atoms with Crippen molar-refractivity contribution in [3.8, 4) is 5.75 Å². The van der Waals surface area contributed by atoms with Crippen LogP contribution in [0.3, 0.4) is 0 Å². The third-order valence-electron chi connectivity index (χ3n) is 5.44. The summed E-state index contributed by atoms with van der Waals surface area (Å²) in [4.78, 5) is 0. The van der Waals surface area contributed by atoms with Gasteiger partial charge in [0.05, 0.1) is 0 Å². The normalized spacial score (nSPS) is 15.4. The molecule has 1 aromatic carbocycles. The summed E-state index contributed by atoms with van der Waals surface area (Å²) in [5.41, 5.74) is 6.06. The summed E-state index contributed by atoms with van der Waals surface area (Å²) in [6.07, 6.45) is 12.1. The molecule has 2 rings (SSSR count). The second-order valence-corrected chi connectivity index (χ2v) is 8.33. The van der Waals surface area contributed by atoms with E-state index in [2.05, 4.69) is 36.9 Å². The van der Waals surface area contributed by atoms with Crippen molar-refractivity contribution in [2.45, 2.75) is 33.1 Å². The molecule has 0 amide bonds. The lowest BCUT2D eigenvalue weighted by atomic mass is 10.0. The summed E-state index contributed by atoms with van der Waals surface area (Å²) in [5.74, 6) is 0.925. The first kappa shape index (κ1) is 25.6. The molecular weight excluding hydrogens is 408 g/mol. The number of aliphatic hydroxyl groups is 1. The molecule has 4 nitrogen and oxygen atoms in total. The Bertz CT molecular complexity index is 1030. The number of hydrogen-bond acceptors (Lipinski definition) is 4. The lowest BCUT2D eigenvalue weighted by Gasteiger charge is -2.14. The van der Waals surface area contributed by atoms with Gasteiger partial charge < -0.3 is 20.8 Å². The number of nitrogens with one attached hydrogen (secondary N) is 2. The van der Waals surface area contributed by atoms with Gasteiger partial charge in [0.25, 0.3) is 0 Å². The van der Waals surface area contributed by atoms with Crippen molar-refractivity contribution in [2.24, 2.45) is 5.92 Å². The molecule has 1 fully saturated rings. The van der Waals surface area contributed by atoms with Crippen molar-refractivity contribution in [3.63, 3.8) is 0 Å². The maximum Gasteiger partial charge on any atom is 0.123 e. The Morgan fingerprint density at radius 2 is 1.79 bits per heavy atom. The standard InChI is InChI=1S/C29H36N2O2/c1-7-24(14-13-22(5)31-23(6)25-15-16-25)19-30-26(18-21(4)28(32)8-2)17-20(3)27-11-9-10-12-29(27)33/h7-14,17,25,30-33H,1-3,6,15-16,18-19H2,4-5H3/b22-13+,24-14+,26-17+,28-21+. The number of hydrogen-bond donors (Lipinski definition) is 4. The lowest BCUT2D eigenvalue weighted by molar-refractivity contribution is 0.424. The molecule has 0 unspecified atom stereocenters. The van der Waals surface area contributed by atoms with E-state index in [9.17, 15) is 10.2 Å². The van der Waals surface area contributed by atoms with Crippen molar-refractivity contribution in [2.75, 3.05) is 6.54 Å². The fourth-order valence-corrected chi connectivity index (χ4v) is 3.22. The minimum Gasteiger partial charge on any atom is -0.508 e. The third-order valence-corrected chi connectivity index (χ3v) is 5.44. The van der Waals surface area contributed by atoms with Gasteiger partial charge in [0.1, 0.15) is 11.5 Å². The minimum absolute atomic E-state index is 0.149. The van der Waals surface area contributed by atoms with Gasteiger partial charge in [-0.25, -0.2) is 0 Å². The highest BCUT2D eigenvalue weighted by Gasteiger charge is 2.24. The van der Waals surface area contributed by atoms with Gasteiger partial charge in [-0.3, -0.25) is 0 Å². The number of aromatic hydroxyl groups is 1. The van der Waals surface area contributed by atoms with E-state index in [1.54, 1.807) is 12.1 Å². The average molecular weight is 445 g/mol. The predicted molar refractivity (Wildman–Crippen MR) is 140 cm³/mol. The van der Waals surface area contributed by atoms with E-state index in [1.807, 2.05) is 50.3 Å². The van der Waals surface area contributed by atoms with Crippen LogP contribution < -0.4 is 10.6 Å². The number of phenolic OH excluding ortho intramolecular Hbond substituents is 1. The number of para-hydroxylation sites is 1. The maximum absolute atomic E-state index is 10.2. The van der Waals surface area contributed by atoms with Crippen LogP contribution >= 0.6 is 0 Å². The first-order valence-corrected chi connectivity index (χ1v) is 11.1. The third kappa shape index (κ3) is 8.41. The summed E-state index contributed by atoms with van der Waals surface area (Å²) in [6.45, 7) is 20.2. The highest BCUT2D eigenvalue weighted by molar-refractivity contribution is 5.76. The Kier molecular flexibility index (Phi) is 9.62. The highest BCUT2D eigenvalue weighted by Crippen LogP contribution is 2.34. The fourth-order valence-electron chi connectivity index (χ4n) is 3.22. The van der Waals surface area contributed by atoms with Gasteiger partial charge in [0.2, 0.25) is 0 Å². The molecule has 0 saturated heterocycles. The van der Waals surface area contributed by atoms with Gasteiger partial charge in [-0.15, -0.1) is 0 Å². The molecule has 1 aliphatic rings. The number of allylic oxidation sites excluding steroid dienone is 8. The van der Waals surface area contributed by atoms with E-state index in [-0.39, 0.29) is 11.5 Å². The zero-order valence-corrected chi connectivity index (χ0v) is 19.8. The molecule has 0 aliphatic heterocycles. The average Bonchev–Trinajstić information content (AvgIpc) is 3.64. The molecule has 0 atom stereocenters. The highest BCUT2D eigenvalue weighted by atomic mass is 16.3. The predicted octanol–water partition coefficient (Wildman–Crippen LogP) is 6.82. The molecule has 33 heavy (non-hydrogen) atoms. The number of phenols is 1. The topological polar surface area (TPSA) is 64.5 Å². The molecule has 0 heterocycles. The van der Waals surface area contributed by atoms with E-state index < -0.39 is 0 Å². The molecule has 4 N–H and O–H groups in total. The summed E-state index contributed by atoms with van der Waals surface area (Å²) >= 11 is 0. The first-order valence-electron chi connectivity index (χ1n) is 11.1. The zero-order chi connectivity index (χ0) is 24.4. The quantitative estimate of drug-likeness (QED) is 0.199. The number of benzene rings is 1. The van der Waals surface area contributed by atoms with E-state index in [1.165, 1.54) is 18.9 Å². The lowest BCUT2D eigenvalue weighted by Crippen LogP contribution is -2.17. The van der Waals surface area contributed by atoms with Gasteiger partial charge in [0, 0.05) is 35.6 Å². The monoisotopic (exact) mass is 444 g/mol. The Labute approximate surface area is 198 Å². The van der Waals surface area contributed by atoms with Crippen molar-refractivity contribution >= 4 is 5.57 Å². The van der Waals surface area contributed by atoms with Crippen LogP contribution in [0.25, 0.3) is 5.57 Å². The summed E-state index contributed by atoms with van der Waals surface area (Å²) < 4.78 is 0. The van der Waals surface area contributed by atoms with Crippen molar-refractivity contribution in [3.05, 3.63) is 121 Å². The second-order valence-electron chi connectivity index (χ2n) is 8.33. The smallest absolute Gasteiger partial charge is 0.123 e. The van der Waals surface area contributed by atoms with Crippen LogP contribution in [0.4, 0.5) is 0 Å². The molecule has 1 aliphatic carbocycles. The molecule has 1 saturated carbocycles. The second kappa shape index (κ2) is 12.4. The molecular formula is C29H36N2O2. The van der Waals surface area contributed by atoms with Gasteiger partial charge in [-0.05, 0) is 73.6 Å². The van der Waals surface area contributed by atoms with E-state index in [4.69, 9.17) is 0 Å². The Morgan fingerprint density at radius 3 is 2.39 bits per heavy atom. The molecule has 0 spiro atoms. The van der Waals surface area contributed by atoms with Crippen molar-refractivity contribution in [1.29, 1.82) is 0 Å². The van der Waals surface area contributed by atoms with Gasteiger partial charge in [-0.1, -0.05) is 56.7 Å². The number of aliphatic hydroxyl groups excluding tert-OH is 1. The zero-order valence-electron chi connectivity index (χ0n) is 19.8. The maximum atomic E-state index is 10.2. The largest absolute Gasteiger partial charge is 0.508 e. The SMILES string of the molecule is C=C/C(=C\C=C(/C)NC(=C)C1CC1)CN/C(=C/C(=C)c1ccccc1O)C/C(C)=C(/O)C=C. The van der Waals surface area contributed by atoms with Crippen LogP contribution in [0.1, 0.15) is 38.7 Å². The van der Waals surface area contributed by atoms with E-state index in [0.29, 0.717) is 30.0 Å². The van der Waals surface area contributed by atoms with Crippen molar-refractivity contribution in [1.82, 2.24) is 10.6 Å². The van der Waals surface area contributed by atoms with E-state index >= 15 is 0 Å². The summed E-state index contributed by atoms with van der Waals surface area (Å²) in [7, 11) is 0. The van der Waals surface area contributed by atoms with Crippen LogP contribution in [0.15, 0.2) is 115 Å². The first-order chi connectivity index (χ1) is 15.7. The minimum atomic E-state index is 0.149. The Hall–Kier alpha value is -3.66. The molecule has 0 aromatic heterocycles. The fraction of sp³-hybridized carbons (Fsp3) is 0.241. The van der Waals surface area contributed by atoms with Gasteiger partial charge in [-0.2, -0.15) is 0 Å². The van der Waals surface area contributed by atoms with Crippen LogP contribution in [0.2, 0.25) is 0 Å². The van der Waals surface area contributed by atoms with Crippen LogP contribution in [0, 0.1) is 5.92 Å². The number of rotatable bonds is 13. The Balaban J connectivity index is 2.17. The molecule has 0 bridgehead atoms. The molecule has 4 heteroatoms. The van der Waals surface area contributed by atoms with E-state index in [0.717, 1.165) is 28.2 Å². The van der Waals surface area contributed by atoms with Crippen molar-refractivity contribution < 1.29 is 10.2 Å². The van der Waals surface area contributed by atoms with Crippen LogP contribution in [-0.2, 0) is 0 Å². The Morgan fingerprint density at radius 1 is 1.09 bits per heavy atom. The van der Waals surface area contributed by atoms with Gasteiger partial charge >= 0.3 is 0 Å². The molecule has 0 radical (unpaired) electrons.